The van der Waals surface area contributed by atoms with Gasteiger partial charge in [0.25, 0.3) is 0 Å². The van der Waals surface area contributed by atoms with Gasteiger partial charge in [0, 0.05) is 12.2 Å². The van der Waals surface area contributed by atoms with Crippen LogP contribution in [-0.2, 0) is 19.4 Å². The quantitative estimate of drug-likeness (QED) is 0.713. The van der Waals surface area contributed by atoms with Crippen LogP contribution in [0, 0.1) is 17.2 Å². The molecule has 0 N–H and O–H groups in total. The molecule has 0 saturated heterocycles. The number of aromatic nitrogens is 2. The van der Waals surface area contributed by atoms with E-state index in [2.05, 4.69) is 15.6 Å². The minimum atomic E-state index is 0.0789. The molecule has 1 unspecified atom stereocenters. The Morgan fingerprint density at radius 2 is 2.36 bits per heavy atom. The largest absolute Gasteiger partial charge is 0.333 e. The van der Waals surface area contributed by atoms with Gasteiger partial charge in [0.1, 0.15) is 0 Å². The van der Waals surface area contributed by atoms with Gasteiger partial charge in [0.2, 0.25) is 0 Å². The van der Waals surface area contributed by atoms with Gasteiger partial charge >= 0.3 is 0 Å². The molecular formula is C11H15N3. The zero-order valence-electron chi connectivity index (χ0n) is 8.53. The first-order valence-corrected chi connectivity index (χ1v) is 5.23. The van der Waals surface area contributed by atoms with Crippen LogP contribution in [0.15, 0.2) is 6.33 Å². The van der Waals surface area contributed by atoms with Crippen molar-refractivity contribution in [1.29, 1.82) is 5.26 Å². The van der Waals surface area contributed by atoms with Crippen molar-refractivity contribution in [1.82, 2.24) is 9.55 Å². The maximum Gasteiger partial charge on any atom is 0.0952 e. The summed E-state index contributed by atoms with van der Waals surface area (Å²) in [4.78, 5) is 4.40. The van der Waals surface area contributed by atoms with Gasteiger partial charge in [-0.05, 0) is 32.6 Å². The van der Waals surface area contributed by atoms with E-state index >= 15 is 0 Å². The van der Waals surface area contributed by atoms with E-state index < -0.39 is 0 Å². The summed E-state index contributed by atoms with van der Waals surface area (Å²) in [5.41, 5.74) is 2.61. The summed E-state index contributed by atoms with van der Waals surface area (Å²) in [5.74, 6) is 0.0789. The minimum Gasteiger partial charge on any atom is -0.333 e. The Labute approximate surface area is 84.4 Å². The third-order valence-electron chi connectivity index (χ3n) is 2.80. The fourth-order valence-corrected chi connectivity index (χ4v) is 2.02. The third-order valence-corrected chi connectivity index (χ3v) is 2.80. The number of hydrogen-bond donors (Lipinski definition) is 0. The van der Waals surface area contributed by atoms with Crippen LogP contribution in [0.3, 0.4) is 0 Å². The number of rotatable bonds is 2. The first kappa shape index (κ1) is 9.26. The van der Waals surface area contributed by atoms with E-state index in [1.165, 1.54) is 24.2 Å². The van der Waals surface area contributed by atoms with E-state index in [4.69, 9.17) is 5.26 Å². The highest BCUT2D eigenvalue weighted by molar-refractivity contribution is 5.16. The van der Waals surface area contributed by atoms with Crippen LogP contribution < -0.4 is 0 Å². The van der Waals surface area contributed by atoms with E-state index in [1.807, 2.05) is 13.3 Å². The molecule has 1 heterocycles. The van der Waals surface area contributed by atoms with Gasteiger partial charge in [-0.1, -0.05) is 0 Å². The number of imidazole rings is 1. The van der Waals surface area contributed by atoms with Gasteiger partial charge < -0.3 is 4.57 Å². The minimum absolute atomic E-state index is 0.0789. The van der Waals surface area contributed by atoms with Crippen LogP contribution in [0.5, 0.6) is 0 Å². The second-order valence-electron chi connectivity index (χ2n) is 4.03. The maximum absolute atomic E-state index is 8.75. The molecule has 0 aliphatic heterocycles. The van der Waals surface area contributed by atoms with Gasteiger partial charge in [-0.2, -0.15) is 5.26 Å². The van der Waals surface area contributed by atoms with Gasteiger partial charge in [-0.3, -0.25) is 0 Å². The van der Waals surface area contributed by atoms with E-state index in [9.17, 15) is 0 Å². The molecule has 74 valence electrons. The van der Waals surface area contributed by atoms with E-state index in [1.54, 1.807) is 0 Å². The standard InChI is InChI=1S/C11H15N3/c1-9(6-12)7-14-8-13-10-4-2-3-5-11(10)14/h8-9H,2-5,7H2,1H3. The second-order valence-corrected chi connectivity index (χ2v) is 4.03. The first-order chi connectivity index (χ1) is 6.81. The van der Waals surface area contributed by atoms with Crippen molar-refractivity contribution in [3.63, 3.8) is 0 Å². The summed E-state index contributed by atoms with van der Waals surface area (Å²) >= 11 is 0. The van der Waals surface area contributed by atoms with Gasteiger partial charge in [-0.25, -0.2) is 4.98 Å². The Morgan fingerprint density at radius 3 is 3.14 bits per heavy atom. The Balaban J connectivity index is 2.19. The predicted octanol–water partition coefficient (Wildman–Crippen LogP) is 1.92. The van der Waals surface area contributed by atoms with Gasteiger partial charge in [0.15, 0.2) is 0 Å². The van der Waals surface area contributed by atoms with Crippen LogP contribution in [-0.4, -0.2) is 9.55 Å². The Morgan fingerprint density at radius 1 is 1.57 bits per heavy atom. The number of fused-ring (bicyclic) bond motifs is 1. The average molecular weight is 189 g/mol. The maximum atomic E-state index is 8.75. The summed E-state index contributed by atoms with van der Waals surface area (Å²) in [5, 5.41) is 8.75. The van der Waals surface area contributed by atoms with Gasteiger partial charge in [-0.15, -0.1) is 0 Å². The van der Waals surface area contributed by atoms with Crippen molar-refractivity contribution >= 4 is 0 Å². The summed E-state index contributed by atoms with van der Waals surface area (Å²) < 4.78 is 2.16. The lowest BCUT2D eigenvalue weighted by atomic mass is 10.0. The Bertz CT molecular complexity index is 359. The molecule has 0 fully saturated rings. The molecular weight excluding hydrogens is 174 g/mol. The number of hydrogen-bond acceptors (Lipinski definition) is 2. The highest BCUT2D eigenvalue weighted by Crippen LogP contribution is 2.20. The smallest absolute Gasteiger partial charge is 0.0952 e. The van der Waals surface area contributed by atoms with Crippen molar-refractivity contribution < 1.29 is 0 Å². The summed E-state index contributed by atoms with van der Waals surface area (Å²) in [6.45, 7) is 2.74. The predicted molar refractivity (Wildman–Crippen MR) is 53.6 cm³/mol. The van der Waals surface area contributed by atoms with E-state index in [-0.39, 0.29) is 5.92 Å². The summed E-state index contributed by atoms with van der Waals surface area (Å²) in [6.07, 6.45) is 6.66. The third kappa shape index (κ3) is 1.65. The van der Waals surface area contributed by atoms with Crippen LogP contribution in [0.25, 0.3) is 0 Å². The summed E-state index contributed by atoms with van der Waals surface area (Å²) in [7, 11) is 0. The lowest BCUT2D eigenvalue weighted by Gasteiger charge is -2.14. The molecule has 2 rings (SSSR count). The molecule has 1 aliphatic rings. The highest BCUT2D eigenvalue weighted by Gasteiger charge is 2.15. The molecule has 1 aliphatic carbocycles. The Hall–Kier alpha value is -1.30. The fraction of sp³-hybridized carbons (Fsp3) is 0.636. The molecule has 1 atom stereocenters. The van der Waals surface area contributed by atoms with Crippen molar-refractivity contribution in [3.8, 4) is 6.07 Å². The van der Waals surface area contributed by atoms with E-state index in [0.29, 0.717) is 0 Å². The molecule has 14 heavy (non-hydrogen) atoms. The van der Waals surface area contributed by atoms with Crippen LogP contribution in [0.2, 0.25) is 0 Å². The molecule has 0 saturated carbocycles. The second kappa shape index (κ2) is 3.83. The molecule has 0 radical (unpaired) electrons. The number of nitrogens with zero attached hydrogens (tertiary/aromatic N) is 3. The van der Waals surface area contributed by atoms with Crippen molar-refractivity contribution in [2.45, 2.75) is 39.2 Å². The zero-order valence-corrected chi connectivity index (χ0v) is 8.53. The SMILES string of the molecule is CC(C#N)Cn1cnc2c1CCCC2. The average Bonchev–Trinajstić information content (AvgIpc) is 2.62. The van der Waals surface area contributed by atoms with Crippen LogP contribution >= 0.6 is 0 Å². The topological polar surface area (TPSA) is 41.6 Å². The molecule has 0 bridgehead atoms. The normalized spacial score (nSPS) is 17.1. The van der Waals surface area contributed by atoms with Crippen molar-refractivity contribution in [2.75, 3.05) is 0 Å². The lowest BCUT2D eigenvalue weighted by Crippen LogP contribution is -2.11. The van der Waals surface area contributed by atoms with Crippen molar-refractivity contribution in [3.05, 3.63) is 17.7 Å². The molecule has 0 amide bonds. The molecule has 1 aromatic rings. The monoisotopic (exact) mass is 189 g/mol. The fourth-order valence-electron chi connectivity index (χ4n) is 2.02. The highest BCUT2D eigenvalue weighted by atomic mass is 15.1. The molecule has 0 spiro atoms. The van der Waals surface area contributed by atoms with Gasteiger partial charge in [0.05, 0.1) is 24.0 Å². The molecule has 3 nitrogen and oxygen atoms in total. The Kier molecular flexibility index (Phi) is 2.53. The number of nitriles is 1. The molecule has 1 aromatic heterocycles. The van der Waals surface area contributed by atoms with Crippen LogP contribution in [0.4, 0.5) is 0 Å². The number of aryl methyl sites for hydroxylation is 1. The van der Waals surface area contributed by atoms with Crippen LogP contribution in [0.1, 0.15) is 31.2 Å². The molecule has 0 aromatic carbocycles. The van der Waals surface area contributed by atoms with E-state index in [0.717, 1.165) is 19.4 Å². The first-order valence-electron chi connectivity index (χ1n) is 5.23. The lowest BCUT2D eigenvalue weighted by molar-refractivity contribution is 0.542. The zero-order chi connectivity index (χ0) is 9.97. The summed E-state index contributed by atoms with van der Waals surface area (Å²) in [6, 6.07) is 2.26. The van der Waals surface area contributed by atoms with Crippen molar-refractivity contribution in [2.24, 2.45) is 5.92 Å². The molecule has 3 heteroatoms.